The third-order valence-electron chi connectivity index (χ3n) is 2.78. The minimum absolute atomic E-state index is 0.613. The molecule has 0 aromatic carbocycles. The van der Waals surface area contributed by atoms with Crippen LogP contribution >= 0.6 is 22.6 Å². The molecular weight excluding hydrogens is 367 g/mol. The monoisotopic (exact) mass is 384 g/mol. The maximum atomic E-state index is 5.05. The molecule has 2 heterocycles. The van der Waals surface area contributed by atoms with E-state index in [1.54, 1.807) is 13.3 Å². The minimum atomic E-state index is 0.613. The van der Waals surface area contributed by atoms with Crippen molar-refractivity contribution >= 4 is 28.4 Å². The molecule has 6 heteroatoms. The van der Waals surface area contributed by atoms with Crippen LogP contribution in [-0.4, -0.2) is 28.6 Å². The molecule has 0 bridgehead atoms. The first-order valence-corrected chi connectivity index (χ1v) is 7.47. The number of nitrogens with one attached hydrogen (secondary N) is 1. The first kappa shape index (κ1) is 15.0. The number of anilines is 1. The van der Waals surface area contributed by atoms with E-state index in [0.717, 1.165) is 33.0 Å². The summed E-state index contributed by atoms with van der Waals surface area (Å²) in [5, 5.41) is 3.27. The summed E-state index contributed by atoms with van der Waals surface area (Å²) in [5.41, 5.74) is 2.06. The van der Waals surface area contributed by atoms with Crippen molar-refractivity contribution < 1.29 is 4.74 Å². The zero-order chi connectivity index (χ0) is 14.5. The van der Waals surface area contributed by atoms with Crippen molar-refractivity contribution in [1.29, 1.82) is 0 Å². The van der Waals surface area contributed by atoms with Crippen molar-refractivity contribution in [1.82, 2.24) is 15.0 Å². The van der Waals surface area contributed by atoms with Crippen molar-refractivity contribution in [2.24, 2.45) is 0 Å². The van der Waals surface area contributed by atoms with Gasteiger partial charge in [-0.25, -0.2) is 15.0 Å². The van der Waals surface area contributed by atoms with Gasteiger partial charge in [-0.1, -0.05) is 6.07 Å². The molecule has 0 aliphatic rings. The Morgan fingerprint density at radius 2 is 2.10 bits per heavy atom. The van der Waals surface area contributed by atoms with Crippen LogP contribution in [-0.2, 0) is 6.42 Å². The maximum absolute atomic E-state index is 5.05. The van der Waals surface area contributed by atoms with Crippen LogP contribution in [0.15, 0.2) is 18.3 Å². The zero-order valence-electron chi connectivity index (χ0n) is 11.8. The van der Waals surface area contributed by atoms with Crippen molar-refractivity contribution in [2.45, 2.75) is 20.3 Å². The molecule has 0 amide bonds. The van der Waals surface area contributed by atoms with Crippen molar-refractivity contribution in [3.05, 3.63) is 39.0 Å². The Hall–Kier alpha value is -1.44. The van der Waals surface area contributed by atoms with Crippen LogP contribution in [0.2, 0.25) is 0 Å². The second-order valence-corrected chi connectivity index (χ2v) is 5.38. The van der Waals surface area contributed by atoms with Crippen LogP contribution in [0.25, 0.3) is 0 Å². The fraction of sp³-hybridized carbons (Fsp3) is 0.357. The van der Waals surface area contributed by atoms with Gasteiger partial charge in [-0.2, -0.15) is 0 Å². The van der Waals surface area contributed by atoms with Gasteiger partial charge in [0.15, 0.2) is 0 Å². The summed E-state index contributed by atoms with van der Waals surface area (Å²) >= 11 is 2.27. The van der Waals surface area contributed by atoms with Gasteiger partial charge in [-0.05, 0) is 42.0 Å². The van der Waals surface area contributed by atoms with E-state index in [0.29, 0.717) is 12.3 Å². The maximum Gasteiger partial charge on any atom is 0.212 e. The molecule has 0 spiro atoms. The molecule has 2 rings (SSSR count). The van der Waals surface area contributed by atoms with Gasteiger partial charge >= 0.3 is 0 Å². The highest BCUT2D eigenvalue weighted by Gasteiger charge is 2.09. The van der Waals surface area contributed by atoms with E-state index in [1.165, 1.54) is 0 Å². The van der Waals surface area contributed by atoms with Crippen LogP contribution in [0.3, 0.4) is 0 Å². The number of hydrogen-bond donors (Lipinski definition) is 1. The van der Waals surface area contributed by atoms with Crippen molar-refractivity contribution in [2.75, 3.05) is 19.0 Å². The Balaban J connectivity index is 2.23. The SMILES string of the molecule is CCNc1nc(Cc2ccc(OC)nc2)nc(C)c1I. The summed E-state index contributed by atoms with van der Waals surface area (Å²) < 4.78 is 6.12. The Morgan fingerprint density at radius 1 is 1.30 bits per heavy atom. The van der Waals surface area contributed by atoms with Crippen LogP contribution < -0.4 is 10.1 Å². The van der Waals surface area contributed by atoms with Gasteiger partial charge in [0.2, 0.25) is 5.88 Å². The third-order valence-corrected chi connectivity index (χ3v) is 4.07. The van der Waals surface area contributed by atoms with Gasteiger partial charge in [0.25, 0.3) is 0 Å². The Kier molecular flexibility index (Phi) is 5.11. The molecule has 0 aliphatic heterocycles. The lowest BCUT2D eigenvalue weighted by molar-refractivity contribution is 0.397. The van der Waals surface area contributed by atoms with E-state index >= 15 is 0 Å². The third kappa shape index (κ3) is 3.56. The Labute approximate surface area is 132 Å². The molecule has 2 aromatic heterocycles. The van der Waals surface area contributed by atoms with Crippen LogP contribution in [0.4, 0.5) is 5.82 Å². The lowest BCUT2D eigenvalue weighted by atomic mass is 10.2. The van der Waals surface area contributed by atoms with Gasteiger partial charge < -0.3 is 10.1 Å². The molecule has 0 aliphatic carbocycles. The largest absolute Gasteiger partial charge is 0.481 e. The quantitative estimate of drug-likeness (QED) is 0.804. The summed E-state index contributed by atoms with van der Waals surface area (Å²) in [6.45, 7) is 4.90. The van der Waals surface area contributed by atoms with E-state index in [2.05, 4.69) is 49.8 Å². The van der Waals surface area contributed by atoms with E-state index < -0.39 is 0 Å². The highest BCUT2D eigenvalue weighted by molar-refractivity contribution is 14.1. The number of nitrogens with zero attached hydrogens (tertiary/aromatic N) is 3. The average molecular weight is 384 g/mol. The van der Waals surface area contributed by atoms with Gasteiger partial charge in [0.1, 0.15) is 11.6 Å². The second-order valence-electron chi connectivity index (χ2n) is 4.30. The number of hydrogen-bond acceptors (Lipinski definition) is 5. The number of pyridine rings is 1. The molecule has 0 saturated heterocycles. The predicted octanol–water partition coefficient (Wildman–Crippen LogP) is 2.82. The van der Waals surface area contributed by atoms with E-state index in [9.17, 15) is 0 Å². The fourth-order valence-electron chi connectivity index (χ4n) is 1.80. The normalized spacial score (nSPS) is 10.4. The minimum Gasteiger partial charge on any atom is -0.481 e. The molecule has 0 radical (unpaired) electrons. The smallest absolute Gasteiger partial charge is 0.212 e. The average Bonchev–Trinajstić information content (AvgIpc) is 2.45. The standard InChI is InChI=1S/C14H17IN4O/c1-4-16-14-13(15)9(2)18-11(19-14)7-10-5-6-12(20-3)17-8-10/h5-6,8H,4,7H2,1-3H3,(H,16,18,19). The first-order valence-electron chi connectivity index (χ1n) is 6.39. The molecule has 106 valence electrons. The molecule has 0 unspecified atom stereocenters. The molecule has 20 heavy (non-hydrogen) atoms. The number of halogens is 1. The number of methoxy groups -OCH3 is 1. The number of aromatic nitrogens is 3. The summed E-state index contributed by atoms with van der Waals surface area (Å²) in [6.07, 6.45) is 2.45. The summed E-state index contributed by atoms with van der Waals surface area (Å²) in [4.78, 5) is 13.3. The van der Waals surface area contributed by atoms with Gasteiger partial charge in [-0.3, -0.25) is 0 Å². The number of rotatable bonds is 5. The lowest BCUT2D eigenvalue weighted by Crippen LogP contribution is -2.08. The topological polar surface area (TPSA) is 59.9 Å². The molecule has 0 saturated carbocycles. The van der Waals surface area contributed by atoms with Crippen molar-refractivity contribution in [3.8, 4) is 5.88 Å². The predicted molar refractivity (Wildman–Crippen MR) is 87.2 cm³/mol. The first-order chi connectivity index (χ1) is 9.63. The fourth-order valence-corrected chi connectivity index (χ4v) is 2.23. The van der Waals surface area contributed by atoms with E-state index in [1.807, 2.05) is 19.1 Å². The van der Waals surface area contributed by atoms with Gasteiger partial charge in [0.05, 0.1) is 16.4 Å². The number of aryl methyl sites for hydroxylation is 1. The molecule has 2 aromatic rings. The Morgan fingerprint density at radius 3 is 2.70 bits per heavy atom. The molecule has 0 atom stereocenters. The Bertz CT molecular complexity index is 586. The van der Waals surface area contributed by atoms with Crippen LogP contribution in [0.1, 0.15) is 24.0 Å². The second kappa shape index (κ2) is 6.83. The van der Waals surface area contributed by atoms with Crippen LogP contribution in [0, 0.1) is 10.5 Å². The summed E-state index contributed by atoms with van der Waals surface area (Å²) in [6, 6.07) is 3.83. The molecule has 1 N–H and O–H groups in total. The van der Waals surface area contributed by atoms with Gasteiger partial charge in [-0.15, -0.1) is 0 Å². The van der Waals surface area contributed by atoms with E-state index in [-0.39, 0.29) is 0 Å². The highest BCUT2D eigenvalue weighted by Crippen LogP contribution is 2.19. The molecular formula is C14H17IN4O. The zero-order valence-corrected chi connectivity index (χ0v) is 13.9. The summed E-state index contributed by atoms with van der Waals surface area (Å²) in [7, 11) is 1.61. The van der Waals surface area contributed by atoms with Crippen molar-refractivity contribution in [3.63, 3.8) is 0 Å². The molecule has 0 fully saturated rings. The van der Waals surface area contributed by atoms with Gasteiger partial charge in [0, 0.05) is 25.2 Å². The highest BCUT2D eigenvalue weighted by atomic mass is 127. The number of ether oxygens (including phenoxy) is 1. The van der Waals surface area contributed by atoms with E-state index in [4.69, 9.17) is 4.74 Å². The lowest BCUT2D eigenvalue weighted by Gasteiger charge is -2.10. The summed E-state index contributed by atoms with van der Waals surface area (Å²) in [5.74, 6) is 2.31. The molecule has 5 nitrogen and oxygen atoms in total. The van der Waals surface area contributed by atoms with Crippen LogP contribution in [0.5, 0.6) is 5.88 Å².